The third-order valence-corrected chi connectivity index (χ3v) is 4.38. The van der Waals surface area contributed by atoms with Crippen LogP contribution in [0, 0.1) is 0 Å². The second-order valence-electron chi connectivity index (χ2n) is 5.99. The number of carbonyl (C=O) groups is 3. The normalized spacial score (nSPS) is 18.7. The first-order valence-electron chi connectivity index (χ1n) is 8.43. The van der Waals surface area contributed by atoms with Crippen molar-refractivity contribution in [1.29, 1.82) is 0 Å². The Labute approximate surface area is 156 Å². The van der Waals surface area contributed by atoms with Gasteiger partial charge in [-0.2, -0.15) is 0 Å². The Morgan fingerprint density at radius 3 is 2.85 bits per heavy atom. The van der Waals surface area contributed by atoms with Crippen LogP contribution in [0.25, 0.3) is 0 Å². The third kappa shape index (κ3) is 3.72. The summed E-state index contributed by atoms with van der Waals surface area (Å²) < 4.78 is 15.4. The SMILES string of the molecule is COCCNC(=O)CN1C(=O)NC(c2ccccc2OC)C2=C1COC2=O. The van der Waals surface area contributed by atoms with Gasteiger partial charge in [-0.3, -0.25) is 9.69 Å². The first kappa shape index (κ1) is 18.7. The number of amides is 3. The number of cyclic esters (lactones) is 1. The predicted octanol–water partition coefficient (Wildman–Crippen LogP) is 0.335. The highest BCUT2D eigenvalue weighted by Crippen LogP contribution is 2.38. The Balaban J connectivity index is 1.89. The van der Waals surface area contributed by atoms with Gasteiger partial charge in [0.2, 0.25) is 5.91 Å². The molecule has 0 spiro atoms. The highest BCUT2D eigenvalue weighted by molar-refractivity contribution is 5.98. The Hall–Kier alpha value is -3.07. The van der Waals surface area contributed by atoms with Crippen LogP contribution in [-0.4, -0.2) is 63.3 Å². The highest BCUT2D eigenvalue weighted by Gasteiger charge is 2.43. The molecule has 0 aromatic heterocycles. The van der Waals surface area contributed by atoms with Crippen molar-refractivity contribution in [2.45, 2.75) is 6.04 Å². The van der Waals surface area contributed by atoms with E-state index in [1.54, 1.807) is 24.3 Å². The average Bonchev–Trinajstić information content (AvgIpc) is 3.05. The Morgan fingerprint density at radius 2 is 2.11 bits per heavy atom. The molecule has 9 heteroatoms. The van der Waals surface area contributed by atoms with E-state index in [4.69, 9.17) is 14.2 Å². The molecular weight excluding hydrogens is 354 g/mol. The van der Waals surface area contributed by atoms with Gasteiger partial charge < -0.3 is 24.8 Å². The van der Waals surface area contributed by atoms with Crippen LogP contribution in [0.4, 0.5) is 4.79 Å². The second-order valence-corrected chi connectivity index (χ2v) is 5.99. The minimum atomic E-state index is -0.702. The third-order valence-electron chi connectivity index (χ3n) is 4.38. The molecule has 0 saturated carbocycles. The molecular formula is C18H21N3O6. The molecule has 2 aliphatic heterocycles. The van der Waals surface area contributed by atoms with E-state index in [9.17, 15) is 14.4 Å². The zero-order chi connectivity index (χ0) is 19.4. The first-order chi connectivity index (χ1) is 13.1. The van der Waals surface area contributed by atoms with Gasteiger partial charge in [-0.05, 0) is 6.07 Å². The zero-order valence-corrected chi connectivity index (χ0v) is 15.1. The fourth-order valence-corrected chi connectivity index (χ4v) is 3.11. The maximum absolute atomic E-state index is 12.7. The van der Waals surface area contributed by atoms with E-state index in [0.29, 0.717) is 35.7 Å². The summed E-state index contributed by atoms with van der Waals surface area (Å²) in [6.07, 6.45) is 0. The monoisotopic (exact) mass is 375 g/mol. The Bertz CT molecular complexity index is 791. The molecule has 2 heterocycles. The summed E-state index contributed by atoms with van der Waals surface area (Å²) in [5, 5.41) is 5.43. The lowest BCUT2D eigenvalue weighted by Crippen LogP contribution is -2.50. The minimum Gasteiger partial charge on any atom is -0.496 e. The lowest BCUT2D eigenvalue weighted by molar-refractivity contribution is -0.136. The van der Waals surface area contributed by atoms with E-state index in [1.165, 1.54) is 19.1 Å². The quantitative estimate of drug-likeness (QED) is 0.526. The molecule has 1 atom stereocenters. The van der Waals surface area contributed by atoms with Crippen molar-refractivity contribution in [3.8, 4) is 5.75 Å². The highest BCUT2D eigenvalue weighted by atomic mass is 16.5. The van der Waals surface area contributed by atoms with Crippen molar-refractivity contribution in [3.63, 3.8) is 0 Å². The number of rotatable bonds is 7. The van der Waals surface area contributed by atoms with Crippen LogP contribution in [-0.2, 0) is 19.1 Å². The molecule has 0 aliphatic carbocycles. The lowest BCUT2D eigenvalue weighted by atomic mass is 9.95. The van der Waals surface area contributed by atoms with Crippen molar-refractivity contribution in [3.05, 3.63) is 41.1 Å². The molecule has 1 unspecified atom stereocenters. The van der Waals surface area contributed by atoms with Crippen LogP contribution in [0.2, 0.25) is 0 Å². The number of hydrogen-bond donors (Lipinski definition) is 2. The van der Waals surface area contributed by atoms with Gasteiger partial charge in [0.1, 0.15) is 18.9 Å². The van der Waals surface area contributed by atoms with Crippen molar-refractivity contribution < 1.29 is 28.6 Å². The van der Waals surface area contributed by atoms with Crippen LogP contribution in [0.3, 0.4) is 0 Å². The number of para-hydroxylation sites is 1. The average molecular weight is 375 g/mol. The van der Waals surface area contributed by atoms with E-state index >= 15 is 0 Å². The number of nitrogens with one attached hydrogen (secondary N) is 2. The van der Waals surface area contributed by atoms with E-state index < -0.39 is 18.0 Å². The van der Waals surface area contributed by atoms with Crippen molar-refractivity contribution in [1.82, 2.24) is 15.5 Å². The number of hydrogen-bond acceptors (Lipinski definition) is 6. The predicted molar refractivity (Wildman–Crippen MR) is 93.8 cm³/mol. The molecule has 0 bridgehead atoms. The van der Waals surface area contributed by atoms with Gasteiger partial charge in [0.05, 0.1) is 31.0 Å². The molecule has 1 aromatic carbocycles. The number of ether oxygens (including phenoxy) is 3. The van der Waals surface area contributed by atoms with E-state index in [2.05, 4.69) is 10.6 Å². The van der Waals surface area contributed by atoms with Gasteiger partial charge in [0.25, 0.3) is 0 Å². The summed E-state index contributed by atoms with van der Waals surface area (Å²) in [5.41, 5.74) is 1.34. The fourth-order valence-electron chi connectivity index (χ4n) is 3.11. The van der Waals surface area contributed by atoms with Gasteiger partial charge in [-0.15, -0.1) is 0 Å². The number of carbonyl (C=O) groups excluding carboxylic acids is 3. The molecule has 144 valence electrons. The van der Waals surface area contributed by atoms with Crippen LogP contribution >= 0.6 is 0 Å². The van der Waals surface area contributed by atoms with E-state index in [1.807, 2.05) is 0 Å². The van der Waals surface area contributed by atoms with Crippen molar-refractivity contribution in [2.24, 2.45) is 0 Å². The second kappa shape index (κ2) is 8.09. The first-order valence-corrected chi connectivity index (χ1v) is 8.43. The number of esters is 1. The van der Waals surface area contributed by atoms with Crippen LogP contribution < -0.4 is 15.4 Å². The smallest absolute Gasteiger partial charge is 0.338 e. The summed E-state index contributed by atoms with van der Waals surface area (Å²) >= 11 is 0. The molecule has 2 aliphatic rings. The molecule has 9 nitrogen and oxygen atoms in total. The summed E-state index contributed by atoms with van der Waals surface area (Å²) in [4.78, 5) is 38.3. The molecule has 0 fully saturated rings. The van der Waals surface area contributed by atoms with Crippen molar-refractivity contribution >= 4 is 17.9 Å². The molecule has 2 N–H and O–H groups in total. The van der Waals surface area contributed by atoms with E-state index in [0.717, 1.165) is 0 Å². The summed E-state index contributed by atoms with van der Waals surface area (Å²) in [5.74, 6) is -0.338. The molecule has 1 aromatic rings. The molecule has 0 saturated heterocycles. The van der Waals surface area contributed by atoms with Crippen molar-refractivity contribution in [2.75, 3.05) is 40.5 Å². The number of nitrogens with zero attached hydrogens (tertiary/aromatic N) is 1. The number of methoxy groups -OCH3 is 2. The summed E-state index contributed by atoms with van der Waals surface area (Å²) in [7, 11) is 3.04. The topological polar surface area (TPSA) is 106 Å². The Kier molecular flexibility index (Phi) is 5.60. The van der Waals surface area contributed by atoms with Crippen LogP contribution in [0.15, 0.2) is 35.5 Å². The number of urea groups is 1. The van der Waals surface area contributed by atoms with Gasteiger partial charge in [0.15, 0.2) is 0 Å². The largest absolute Gasteiger partial charge is 0.496 e. The lowest BCUT2D eigenvalue weighted by Gasteiger charge is -2.32. The minimum absolute atomic E-state index is 0.0570. The summed E-state index contributed by atoms with van der Waals surface area (Å²) in [6, 6.07) is 5.92. The Morgan fingerprint density at radius 1 is 1.33 bits per heavy atom. The summed E-state index contributed by atoms with van der Waals surface area (Å²) in [6.45, 7) is 0.418. The van der Waals surface area contributed by atoms with Gasteiger partial charge in [-0.1, -0.05) is 18.2 Å². The molecule has 27 heavy (non-hydrogen) atoms. The van der Waals surface area contributed by atoms with Gasteiger partial charge in [-0.25, -0.2) is 9.59 Å². The van der Waals surface area contributed by atoms with Gasteiger partial charge in [0, 0.05) is 19.2 Å². The maximum atomic E-state index is 12.7. The van der Waals surface area contributed by atoms with E-state index in [-0.39, 0.29) is 19.1 Å². The standard InChI is InChI=1S/C18H21N3O6/c1-25-8-7-19-14(22)9-21-12-10-27-17(23)15(12)16(20-18(21)24)11-5-3-4-6-13(11)26-2/h3-6,16H,7-10H2,1-2H3,(H,19,22)(H,20,24). The van der Waals surface area contributed by atoms with Crippen LogP contribution in [0.1, 0.15) is 11.6 Å². The molecule has 3 amide bonds. The molecule has 0 radical (unpaired) electrons. The molecule has 3 rings (SSSR count). The zero-order valence-electron chi connectivity index (χ0n) is 15.1. The number of benzene rings is 1. The fraction of sp³-hybridized carbons (Fsp3) is 0.389. The van der Waals surface area contributed by atoms with Crippen LogP contribution in [0.5, 0.6) is 5.75 Å². The maximum Gasteiger partial charge on any atom is 0.338 e. The van der Waals surface area contributed by atoms with Gasteiger partial charge >= 0.3 is 12.0 Å².